The fourth-order valence-corrected chi connectivity index (χ4v) is 4.17. The molecule has 10 nitrogen and oxygen atoms in total. The van der Waals surface area contributed by atoms with Gasteiger partial charge < -0.3 is 19.3 Å². The number of aliphatic hydroxyl groups is 1. The van der Waals surface area contributed by atoms with Gasteiger partial charge in [-0.05, 0) is 54.1 Å². The van der Waals surface area contributed by atoms with E-state index in [2.05, 4.69) is 0 Å². The molecule has 1 saturated heterocycles. The van der Waals surface area contributed by atoms with Crippen LogP contribution >= 0.6 is 0 Å². The Balaban J connectivity index is 1.99. The molecule has 190 valence electrons. The number of Topliss-reactive ketones (excluding diaryl/α,β-unsaturated/α-hetero) is 1. The van der Waals surface area contributed by atoms with Crippen molar-refractivity contribution in [1.82, 2.24) is 0 Å². The number of non-ortho nitro benzene ring substituents is 1. The largest absolute Gasteiger partial charge is 0.507 e. The van der Waals surface area contributed by atoms with Gasteiger partial charge in [-0.1, -0.05) is 0 Å². The van der Waals surface area contributed by atoms with Crippen LogP contribution in [0.2, 0.25) is 0 Å². The molecule has 3 aromatic rings. The summed E-state index contributed by atoms with van der Waals surface area (Å²) in [4.78, 5) is 38.1. The first-order chi connectivity index (χ1) is 17.7. The van der Waals surface area contributed by atoms with Crippen LogP contribution < -0.4 is 19.1 Å². The summed E-state index contributed by atoms with van der Waals surface area (Å²) in [5.41, 5.74) is 0.105. The van der Waals surface area contributed by atoms with E-state index in [1.165, 1.54) is 69.9 Å². The van der Waals surface area contributed by atoms with Crippen molar-refractivity contribution in [2.75, 3.05) is 26.2 Å². The predicted molar refractivity (Wildman–Crippen MR) is 130 cm³/mol. The Morgan fingerprint density at radius 1 is 0.946 bits per heavy atom. The van der Waals surface area contributed by atoms with Gasteiger partial charge in [0.05, 0.1) is 37.9 Å². The van der Waals surface area contributed by atoms with Gasteiger partial charge in [-0.2, -0.15) is 0 Å². The number of rotatable bonds is 7. The molecule has 1 amide bonds. The van der Waals surface area contributed by atoms with Crippen molar-refractivity contribution >= 4 is 28.8 Å². The number of halogens is 1. The van der Waals surface area contributed by atoms with Gasteiger partial charge in [0.15, 0.2) is 11.5 Å². The molecule has 0 aromatic heterocycles. The van der Waals surface area contributed by atoms with Crippen LogP contribution in [0.4, 0.5) is 15.8 Å². The van der Waals surface area contributed by atoms with Gasteiger partial charge in [-0.3, -0.25) is 24.6 Å². The van der Waals surface area contributed by atoms with Gasteiger partial charge in [0.1, 0.15) is 11.6 Å². The summed E-state index contributed by atoms with van der Waals surface area (Å²) in [5, 5.41) is 22.2. The van der Waals surface area contributed by atoms with Crippen LogP contribution in [0.5, 0.6) is 17.2 Å². The van der Waals surface area contributed by atoms with Crippen molar-refractivity contribution in [1.29, 1.82) is 0 Å². The molecule has 1 aliphatic rings. The summed E-state index contributed by atoms with van der Waals surface area (Å²) in [7, 11) is 4.21. The van der Waals surface area contributed by atoms with Crippen molar-refractivity contribution in [3.8, 4) is 17.2 Å². The van der Waals surface area contributed by atoms with Crippen molar-refractivity contribution < 1.29 is 38.2 Å². The Hall–Kier alpha value is -4.93. The van der Waals surface area contributed by atoms with Gasteiger partial charge >= 0.3 is 0 Å². The molecular formula is C26H21FN2O8. The molecule has 1 fully saturated rings. The van der Waals surface area contributed by atoms with E-state index in [9.17, 15) is 29.2 Å². The summed E-state index contributed by atoms with van der Waals surface area (Å²) in [6.07, 6.45) is 0. The molecule has 1 heterocycles. The Kier molecular flexibility index (Phi) is 6.79. The molecule has 1 N–H and O–H groups in total. The highest BCUT2D eigenvalue weighted by Gasteiger charge is 2.47. The van der Waals surface area contributed by atoms with Crippen LogP contribution in [0.3, 0.4) is 0 Å². The number of methoxy groups -OCH3 is 3. The SMILES string of the molecule is COc1cc(C2/C(=C(\O)c3ccc([N+](=O)[O-])cc3)C(=O)C(=O)N2c2ccc(F)cc2)cc(OC)c1OC. The van der Waals surface area contributed by atoms with E-state index < -0.39 is 34.2 Å². The van der Waals surface area contributed by atoms with Crippen LogP contribution in [0, 0.1) is 15.9 Å². The van der Waals surface area contributed by atoms with Gasteiger partial charge in [0, 0.05) is 23.4 Å². The molecule has 0 bridgehead atoms. The molecule has 1 aliphatic heterocycles. The quantitative estimate of drug-likeness (QED) is 0.164. The van der Waals surface area contributed by atoms with E-state index in [-0.39, 0.29) is 39.8 Å². The molecule has 0 spiro atoms. The first-order valence-corrected chi connectivity index (χ1v) is 10.8. The van der Waals surface area contributed by atoms with E-state index >= 15 is 0 Å². The number of nitro groups is 1. The molecule has 1 unspecified atom stereocenters. The normalized spacial score (nSPS) is 16.5. The maximum Gasteiger partial charge on any atom is 0.300 e. The number of benzene rings is 3. The summed E-state index contributed by atoms with van der Waals surface area (Å²) in [6.45, 7) is 0. The van der Waals surface area contributed by atoms with E-state index in [1.54, 1.807) is 0 Å². The monoisotopic (exact) mass is 508 g/mol. The predicted octanol–water partition coefficient (Wildman–Crippen LogP) is 4.39. The topological polar surface area (TPSA) is 128 Å². The van der Waals surface area contributed by atoms with Gasteiger partial charge in [0.2, 0.25) is 5.75 Å². The number of hydrogen-bond acceptors (Lipinski definition) is 8. The first kappa shape index (κ1) is 25.2. The number of ketones is 1. The second-order valence-electron chi connectivity index (χ2n) is 7.91. The number of anilines is 1. The summed E-state index contributed by atoms with van der Waals surface area (Å²) in [5.74, 6) is -2.32. The zero-order valence-corrected chi connectivity index (χ0v) is 19.9. The van der Waals surface area contributed by atoms with E-state index in [0.717, 1.165) is 17.0 Å². The number of aliphatic hydroxyl groups excluding tert-OH is 1. The number of nitrogens with zero attached hydrogens (tertiary/aromatic N) is 2. The summed E-state index contributed by atoms with van der Waals surface area (Å²) >= 11 is 0. The zero-order valence-electron chi connectivity index (χ0n) is 19.9. The smallest absolute Gasteiger partial charge is 0.300 e. The maximum atomic E-state index is 13.6. The third-order valence-electron chi connectivity index (χ3n) is 5.90. The van der Waals surface area contributed by atoms with Crippen molar-refractivity contribution in [2.45, 2.75) is 6.04 Å². The third kappa shape index (κ3) is 4.42. The zero-order chi connectivity index (χ0) is 26.9. The van der Waals surface area contributed by atoms with Crippen LogP contribution in [0.25, 0.3) is 5.76 Å². The molecule has 4 rings (SSSR count). The Morgan fingerprint density at radius 3 is 2.00 bits per heavy atom. The lowest BCUT2D eigenvalue weighted by atomic mass is 9.94. The number of carbonyl (C=O) groups is 2. The lowest BCUT2D eigenvalue weighted by Gasteiger charge is -2.26. The highest BCUT2D eigenvalue weighted by atomic mass is 19.1. The fraction of sp³-hybridized carbons (Fsp3) is 0.154. The summed E-state index contributed by atoms with van der Waals surface area (Å²) < 4.78 is 29.9. The Morgan fingerprint density at radius 2 is 1.51 bits per heavy atom. The lowest BCUT2D eigenvalue weighted by molar-refractivity contribution is -0.384. The highest BCUT2D eigenvalue weighted by molar-refractivity contribution is 6.51. The minimum atomic E-state index is -1.19. The Bertz CT molecular complexity index is 1390. The molecular weight excluding hydrogens is 487 g/mol. The van der Waals surface area contributed by atoms with E-state index in [4.69, 9.17) is 14.2 Å². The fourth-order valence-electron chi connectivity index (χ4n) is 4.17. The van der Waals surface area contributed by atoms with Crippen LogP contribution in [-0.2, 0) is 9.59 Å². The van der Waals surface area contributed by atoms with Gasteiger partial charge in [-0.15, -0.1) is 0 Å². The van der Waals surface area contributed by atoms with E-state index in [1.807, 2.05) is 0 Å². The molecule has 0 aliphatic carbocycles. The number of ether oxygens (including phenoxy) is 3. The minimum Gasteiger partial charge on any atom is -0.507 e. The second kappa shape index (κ2) is 9.97. The van der Waals surface area contributed by atoms with Crippen molar-refractivity contribution in [3.63, 3.8) is 0 Å². The average Bonchev–Trinajstić information content (AvgIpc) is 3.17. The number of hydrogen-bond donors (Lipinski definition) is 1. The van der Waals surface area contributed by atoms with Crippen molar-refractivity contribution in [3.05, 3.63) is 93.3 Å². The first-order valence-electron chi connectivity index (χ1n) is 10.8. The van der Waals surface area contributed by atoms with Crippen LogP contribution in [0.1, 0.15) is 17.2 Å². The molecule has 0 radical (unpaired) electrons. The van der Waals surface area contributed by atoms with Gasteiger partial charge in [0.25, 0.3) is 17.4 Å². The lowest BCUT2D eigenvalue weighted by Crippen LogP contribution is -2.29. The Labute approximate surface area is 210 Å². The molecule has 0 saturated carbocycles. The maximum absolute atomic E-state index is 13.6. The molecule has 11 heteroatoms. The number of nitro benzene ring substituents is 1. The van der Waals surface area contributed by atoms with Crippen LogP contribution in [0.15, 0.2) is 66.2 Å². The minimum absolute atomic E-state index is 0.0835. The number of amides is 1. The standard InChI is InChI=1S/C26H21FN2O8/c1-35-19-12-15(13-20(36-2)25(19)37-3)22-21(23(30)14-4-8-18(9-5-14)29(33)34)24(31)26(32)28(22)17-10-6-16(27)7-11-17/h4-13,22,30H,1-3H3/b23-21+. The second-order valence-corrected chi connectivity index (χ2v) is 7.91. The summed E-state index contributed by atoms with van der Waals surface area (Å²) in [6, 6.07) is 11.7. The number of carbonyl (C=O) groups excluding carboxylic acids is 2. The molecule has 3 aromatic carbocycles. The van der Waals surface area contributed by atoms with E-state index in [0.29, 0.717) is 5.56 Å². The highest BCUT2D eigenvalue weighted by Crippen LogP contribution is 2.47. The molecule has 37 heavy (non-hydrogen) atoms. The van der Waals surface area contributed by atoms with Gasteiger partial charge in [-0.25, -0.2) is 4.39 Å². The van der Waals surface area contributed by atoms with Crippen LogP contribution in [-0.4, -0.2) is 43.0 Å². The average molecular weight is 508 g/mol. The molecule has 1 atom stereocenters. The van der Waals surface area contributed by atoms with Crippen molar-refractivity contribution in [2.24, 2.45) is 0 Å². The third-order valence-corrected chi connectivity index (χ3v) is 5.90.